The Morgan fingerprint density at radius 2 is 1.88 bits per heavy atom. The van der Waals surface area contributed by atoms with Crippen molar-refractivity contribution in [3.8, 4) is 0 Å². The normalized spacial score (nSPS) is 10.5. The van der Waals surface area contributed by atoms with Crippen molar-refractivity contribution in [1.29, 1.82) is 0 Å². The average Bonchev–Trinajstić information content (AvgIpc) is 3.26. The number of carbonyl (C=O) groups is 2. The van der Waals surface area contributed by atoms with Crippen LogP contribution in [0.5, 0.6) is 0 Å². The number of anilines is 2. The predicted molar refractivity (Wildman–Crippen MR) is 99.3 cm³/mol. The monoisotopic (exact) mass is 354 g/mol. The van der Waals surface area contributed by atoms with E-state index in [1.807, 2.05) is 35.7 Å². The summed E-state index contributed by atoms with van der Waals surface area (Å²) in [4.78, 5) is 25.1. The Morgan fingerprint density at radius 3 is 2.52 bits per heavy atom. The van der Waals surface area contributed by atoms with Crippen LogP contribution in [0.2, 0.25) is 0 Å². The predicted octanol–water partition coefficient (Wildman–Crippen LogP) is 3.55. The molecule has 2 N–H and O–H groups in total. The zero-order valence-corrected chi connectivity index (χ0v) is 14.8. The first-order valence-corrected chi connectivity index (χ1v) is 8.74. The lowest BCUT2D eigenvalue weighted by atomic mass is 10.1. The first kappa shape index (κ1) is 16.9. The van der Waals surface area contributed by atoms with E-state index < -0.39 is 0 Å². The summed E-state index contributed by atoms with van der Waals surface area (Å²) in [5.74, 6) is -0.0820. The molecule has 3 rings (SSSR count). The molecule has 2 amide bonds. The molecule has 0 unspecified atom stereocenters. The van der Waals surface area contributed by atoms with E-state index in [2.05, 4.69) is 22.7 Å². The summed E-state index contributed by atoms with van der Waals surface area (Å²) >= 11 is 1.35. The molecule has 0 bridgehead atoms. The van der Waals surface area contributed by atoms with Crippen molar-refractivity contribution in [1.82, 2.24) is 9.78 Å². The average molecular weight is 354 g/mol. The minimum atomic E-state index is -0.323. The van der Waals surface area contributed by atoms with E-state index in [1.54, 1.807) is 19.2 Å². The molecule has 128 valence electrons. The van der Waals surface area contributed by atoms with Crippen LogP contribution < -0.4 is 10.6 Å². The molecule has 3 aromatic rings. The molecular formula is C18H18N4O2S. The molecule has 2 aromatic heterocycles. The summed E-state index contributed by atoms with van der Waals surface area (Å²) in [7, 11) is 1.68. The quantitative estimate of drug-likeness (QED) is 0.736. The minimum Gasteiger partial charge on any atom is -0.321 e. The number of nitrogens with one attached hydrogen (secondary N) is 2. The van der Waals surface area contributed by atoms with E-state index in [9.17, 15) is 9.59 Å². The summed E-state index contributed by atoms with van der Waals surface area (Å²) < 4.78 is 1.47. The van der Waals surface area contributed by atoms with Gasteiger partial charge in [0.15, 0.2) is 5.69 Å². The van der Waals surface area contributed by atoms with Gasteiger partial charge in [0.05, 0.1) is 4.88 Å². The van der Waals surface area contributed by atoms with E-state index in [1.165, 1.54) is 21.6 Å². The highest BCUT2D eigenvalue weighted by Crippen LogP contribution is 2.16. The summed E-state index contributed by atoms with van der Waals surface area (Å²) in [5.41, 5.74) is 2.15. The Labute approximate surface area is 149 Å². The highest BCUT2D eigenvalue weighted by atomic mass is 32.1. The number of nitrogens with zero attached hydrogens (tertiary/aromatic N) is 2. The number of thiophene rings is 1. The van der Waals surface area contributed by atoms with Gasteiger partial charge in [-0.2, -0.15) is 5.10 Å². The van der Waals surface area contributed by atoms with Gasteiger partial charge in [-0.25, -0.2) is 0 Å². The number of aromatic nitrogens is 2. The molecule has 0 saturated carbocycles. The molecule has 0 spiro atoms. The number of carbonyl (C=O) groups excluding carboxylic acids is 2. The molecule has 0 radical (unpaired) electrons. The van der Waals surface area contributed by atoms with Crippen LogP contribution in [-0.2, 0) is 13.5 Å². The number of amides is 2. The number of rotatable bonds is 5. The van der Waals surface area contributed by atoms with Gasteiger partial charge in [0.2, 0.25) is 0 Å². The van der Waals surface area contributed by atoms with Gasteiger partial charge >= 0.3 is 0 Å². The third kappa shape index (κ3) is 3.95. The Balaban J connectivity index is 1.70. The fourth-order valence-electron chi connectivity index (χ4n) is 2.30. The van der Waals surface area contributed by atoms with Gasteiger partial charge in [0.1, 0.15) is 5.82 Å². The largest absolute Gasteiger partial charge is 0.321 e. The Bertz CT molecular complexity index is 882. The van der Waals surface area contributed by atoms with Gasteiger partial charge in [-0.3, -0.25) is 14.3 Å². The molecule has 2 heterocycles. The molecule has 7 heteroatoms. The fraction of sp³-hybridized carbons (Fsp3) is 0.167. The molecular weight excluding hydrogens is 336 g/mol. The topological polar surface area (TPSA) is 76.0 Å². The van der Waals surface area contributed by atoms with Gasteiger partial charge in [0, 0.05) is 18.8 Å². The SMILES string of the molecule is CCc1ccc(NC(=O)c2cc(NC(=O)c3cccs3)n(C)n2)cc1. The van der Waals surface area contributed by atoms with E-state index >= 15 is 0 Å². The first-order valence-electron chi connectivity index (χ1n) is 7.86. The molecule has 0 atom stereocenters. The number of aryl methyl sites for hydroxylation is 2. The molecule has 0 aliphatic heterocycles. The maximum Gasteiger partial charge on any atom is 0.276 e. The Morgan fingerprint density at radius 1 is 1.12 bits per heavy atom. The van der Waals surface area contributed by atoms with Crippen LogP contribution in [0, 0.1) is 0 Å². The van der Waals surface area contributed by atoms with Crippen molar-refractivity contribution in [3.05, 3.63) is 64.0 Å². The third-order valence-electron chi connectivity index (χ3n) is 3.72. The van der Waals surface area contributed by atoms with Crippen LogP contribution in [0.1, 0.15) is 32.6 Å². The van der Waals surface area contributed by atoms with Crippen LogP contribution in [0.3, 0.4) is 0 Å². The zero-order valence-electron chi connectivity index (χ0n) is 13.9. The minimum absolute atomic E-state index is 0.222. The highest BCUT2D eigenvalue weighted by Gasteiger charge is 2.15. The van der Waals surface area contributed by atoms with E-state index in [0.717, 1.165) is 6.42 Å². The van der Waals surface area contributed by atoms with Crippen molar-refractivity contribution in [2.75, 3.05) is 10.6 Å². The lowest BCUT2D eigenvalue weighted by Crippen LogP contribution is -2.13. The molecule has 0 aliphatic rings. The Hall–Kier alpha value is -2.93. The van der Waals surface area contributed by atoms with Crippen molar-refractivity contribution in [2.45, 2.75) is 13.3 Å². The fourth-order valence-corrected chi connectivity index (χ4v) is 2.92. The number of hydrogen-bond acceptors (Lipinski definition) is 4. The number of hydrogen-bond donors (Lipinski definition) is 2. The standard InChI is InChI=1S/C18H18N4O2S/c1-3-12-6-8-13(9-7-12)19-17(23)14-11-16(22(2)21-14)20-18(24)15-5-4-10-25-15/h4-11H,3H2,1-2H3,(H,19,23)(H,20,24). The second-order valence-electron chi connectivity index (χ2n) is 5.47. The summed E-state index contributed by atoms with van der Waals surface area (Å²) in [6, 6.07) is 12.8. The van der Waals surface area contributed by atoms with Crippen molar-refractivity contribution in [3.63, 3.8) is 0 Å². The van der Waals surface area contributed by atoms with Crippen molar-refractivity contribution in [2.24, 2.45) is 7.05 Å². The van der Waals surface area contributed by atoms with Crippen molar-refractivity contribution >= 4 is 34.7 Å². The Kier molecular flexibility index (Phi) is 4.95. The molecule has 0 fully saturated rings. The van der Waals surface area contributed by atoms with Crippen LogP contribution in [0.4, 0.5) is 11.5 Å². The van der Waals surface area contributed by atoms with E-state index in [-0.39, 0.29) is 17.5 Å². The summed E-state index contributed by atoms with van der Waals surface area (Å²) in [6.07, 6.45) is 0.946. The lowest BCUT2D eigenvalue weighted by Gasteiger charge is -2.03. The lowest BCUT2D eigenvalue weighted by molar-refractivity contribution is 0.101. The van der Waals surface area contributed by atoms with Crippen LogP contribution in [0.15, 0.2) is 47.8 Å². The molecule has 0 aliphatic carbocycles. The maximum atomic E-state index is 12.4. The summed E-state index contributed by atoms with van der Waals surface area (Å²) in [5, 5.41) is 11.6. The number of benzene rings is 1. The van der Waals surface area contributed by atoms with E-state index in [4.69, 9.17) is 0 Å². The molecule has 0 saturated heterocycles. The second kappa shape index (κ2) is 7.31. The van der Waals surface area contributed by atoms with Gasteiger partial charge < -0.3 is 10.6 Å². The third-order valence-corrected chi connectivity index (χ3v) is 4.59. The van der Waals surface area contributed by atoms with Gasteiger partial charge in [-0.1, -0.05) is 25.1 Å². The molecule has 1 aromatic carbocycles. The van der Waals surface area contributed by atoms with E-state index in [0.29, 0.717) is 16.4 Å². The smallest absolute Gasteiger partial charge is 0.276 e. The zero-order chi connectivity index (χ0) is 17.8. The van der Waals surface area contributed by atoms with Crippen LogP contribution in [0.25, 0.3) is 0 Å². The van der Waals surface area contributed by atoms with Gasteiger partial charge in [-0.15, -0.1) is 11.3 Å². The summed E-state index contributed by atoms with van der Waals surface area (Å²) in [6.45, 7) is 2.08. The van der Waals surface area contributed by atoms with Crippen LogP contribution >= 0.6 is 11.3 Å². The molecule has 25 heavy (non-hydrogen) atoms. The second-order valence-corrected chi connectivity index (χ2v) is 6.42. The first-order chi connectivity index (χ1) is 12.1. The van der Waals surface area contributed by atoms with Crippen molar-refractivity contribution < 1.29 is 9.59 Å². The van der Waals surface area contributed by atoms with Gasteiger partial charge in [-0.05, 0) is 35.6 Å². The van der Waals surface area contributed by atoms with Crippen LogP contribution in [-0.4, -0.2) is 21.6 Å². The highest BCUT2D eigenvalue weighted by molar-refractivity contribution is 7.12. The van der Waals surface area contributed by atoms with Gasteiger partial charge in [0.25, 0.3) is 11.8 Å². The molecule has 6 nitrogen and oxygen atoms in total. The maximum absolute atomic E-state index is 12.4.